The van der Waals surface area contributed by atoms with Crippen LogP contribution in [0.5, 0.6) is 0 Å². The lowest BCUT2D eigenvalue weighted by atomic mass is 10.0. The summed E-state index contributed by atoms with van der Waals surface area (Å²) in [6, 6.07) is 13.2. The first kappa shape index (κ1) is 12.3. The van der Waals surface area contributed by atoms with E-state index in [1.165, 1.54) is 0 Å². The van der Waals surface area contributed by atoms with Crippen molar-refractivity contribution in [3.8, 4) is 22.6 Å². The van der Waals surface area contributed by atoms with Gasteiger partial charge in [-0.15, -0.1) is 0 Å². The van der Waals surface area contributed by atoms with Crippen LogP contribution in [-0.2, 0) is 0 Å². The van der Waals surface area contributed by atoms with Gasteiger partial charge in [-0.3, -0.25) is 20.8 Å². The summed E-state index contributed by atoms with van der Waals surface area (Å²) in [5, 5.41) is 0. The highest BCUT2D eigenvalue weighted by Gasteiger charge is 2.14. The Kier molecular flexibility index (Phi) is 3.34. The molecular weight excluding hydrogens is 250 g/mol. The van der Waals surface area contributed by atoms with E-state index in [1.807, 2.05) is 42.5 Å². The summed E-state index contributed by atoms with van der Waals surface area (Å²) in [4.78, 5) is 13.2. The number of rotatable bonds is 3. The Bertz CT molecular complexity index is 698. The second kappa shape index (κ2) is 5.46. The van der Waals surface area contributed by atoms with Gasteiger partial charge in [0.15, 0.2) is 0 Å². The first-order chi connectivity index (χ1) is 9.90. The van der Waals surface area contributed by atoms with Crippen molar-refractivity contribution >= 4 is 5.69 Å². The molecule has 3 aromatic heterocycles. The summed E-state index contributed by atoms with van der Waals surface area (Å²) in [5.41, 5.74) is 6.63. The Morgan fingerprint density at radius 1 is 0.750 bits per heavy atom. The minimum atomic E-state index is 0.750. The molecule has 0 spiro atoms. The summed E-state index contributed by atoms with van der Waals surface area (Å²) < 4.78 is 0. The third-order valence-corrected chi connectivity index (χ3v) is 2.94. The summed E-state index contributed by atoms with van der Waals surface area (Å²) in [5.74, 6) is 5.61. The van der Waals surface area contributed by atoms with Crippen LogP contribution in [0.25, 0.3) is 22.6 Å². The maximum Gasteiger partial charge on any atom is 0.100 e. The molecule has 0 aliphatic rings. The Morgan fingerprint density at radius 2 is 1.45 bits per heavy atom. The predicted octanol–water partition coefficient (Wildman–Crippen LogP) is 2.49. The number of nitrogen functional groups attached to an aromatic ring is 1. The second-order valence-electron chi connectivity index (χ2n) is 4.16. The van der Waals surface area contributed by atoms with E-state index in [9.17, 15) is 0 Å². The van der Waals surface area contributed by atoms with Gasteiger partial charge < -0.3 is 5.43 Å². The van der Waals surface area contributed by atoms with Crippen LogP contribution in [0.3, 0.4) is 0 Å². The van der Waals surface area contributed by atoms with E-state index < -0.39 is 0 Å². The van der Waals surface area contributed by atoms with E-state index in [2.05, 4.69) is 20.4 Å². The van der Waals surface area contributed by atoms with Gasteiger partial charge in [0.1, 0.15) is 5.69 Å². The Hall–Kier alpha value is -2.79. The minimum absolute atomic E-state index is 0.750. The molecule has 0 fully saturated rings. The SMILES string of the molecule is NNc1ccnc(-c2ccccn2)c1-c1ccccn1. The normalized spacial score (nSPS) is 10.2. The van der Waals surface area contributed by atoms with Crippen molar-refractivity contribution in [2.24, 2.45) is 5.84 Å². The van der Waals surface area contributed by atoms with E-state index in [4.69, 9.17) is 5.84 Å². The molecule has 3 rings (SSSR count). The first-order valence-electron chi connectivity index (χ1n) is 6.18. The van der Waals surface area contributed by atoms with Crippen LogP contribution in [0.1, 0.15) is 0 Å². The molecule has 3 aromatic rings. The molecule has 0 bridgehead atoms. The van der Waals surface area contributed by atoms with E-state index in [-0.39, 0.29) is 0 Å². The van der Waals surface area contributed by atoms with Gasteiger partial charge >= 0.3 is 0 Å². The third-order valence-electron chi connectivity index (χ3n) is 2.94. The Morgan fingerprint density at radius 3 is 2.05 bits per heavy atom. The maximum absolute atomic E-state index is 5.61. The number of hydrazine groups is 1. The van der Waals surface area contributed by atoms with Gasteiger partial charge in [0, 0.05) is 18.6 Å². The molecule has 0 amide bonds. The molecule has 5 heteroatoms. The lowest BCUT2D eigenvalue weighted by molar-refractivity contribution is 1.22. The minimum Gasteiger partial charge on any atom is -0.323 e. The average Bonchev–Trinajstić information content (AvgIpc) is 2.55. The van der Waals surface area contributed by atoms with Gasteiger partial charge in [-0.05, 0) is 30.3 Å². The molecule has 0 unspecified atom stereocenters. The van der Waals surface area contributed by atoms with Crippen LogP contribution in [0.2, 0.25) is 0 Å². The summed E-state index contributed by atoms with van der Waals surface area (Å²) in [6.45, 7) is 0. The van der Waals surface area contributed by atoms with Crippen LogP contribution in [0, 0.1) is 0 Å². The number of nitrogens with zero attached hydrogens (tertiary/aromatic N) is 3. The van der Waals surface area contributed by atoms with Gasteiger partial charge in [-0.2, -0.15) is 0 Å². The average molecular weight is 263 g/mol. The van der Waals surface area contributed by atoms with Crippen molar-refractivity contribution in [2.75, 3.05) is 5.43 Å². The Balaban J connectivity index is 2.26. The highest BCUT2D eigenvalue weighted by atomic mass is 15.2. The zero-order valence-corrected chi connectivity index (χ0v) is 10.7. The highest BCUT2D eigenvalue weighted by molar-refractivity contribution is 5.86. The molecule has 3 heterocycles. The molecule has 98 valence electrons. The molecular formula is C15H13N5. The molecule has 3 N–H and O–H groups in total. The largest absolute Gasteiger partial charge is 0.323 e. The van der Waals surface area contributed by atoms with Crippen molar-refractivity contribution < 1.29 is 0 Å². The topological polar surface area (TPSA) is 76.7 Å². The lowest BCUT2D eigenvalue weighted by Crippen LogP contribution is -2.09. The first-order valence-corrected chi connectivity index (χ1v) is 6.18. The lowest BCUT2D eigenvalue weighted by Gasteiger charge is -2.12. The fourth-order valence-corrected chi connectivity index (χ4v) is 2.05. The van der Waals surface area contributed by atoms with Gasteiger partial charge in [0.25, 0.3) is 0 Å². The predicted molar refractivity (Wildman–Crippen MR) is 78.5 cm³/mol. The quantitative estimate of drug-likeness (QED) is 0.561. The summed E-state index contributed by atoms with van der Waals surface area (Å²) in [6.07, 6.45) is 5.18. The van der Waals surface area contributed by atoms with Crippen LogP contribution >= 0.6 is 0 Å². The standard InChI is InChI=1S/C15H13N5/c16-20-12-7-10-19-15(13-6-2-4-9-18-13)14(12)11-5-1-3-8-17-11/h1-10H,16H2,(H,19,20). The van der Waals surface area contributed by atoms with Gasteiger partial charge in [0.2, 0.25) is 0 Å². The fraction of sp³-hybridized carbons (Fsp3) is 0. The molecule has 0 atom stereocenters. The van der Waals surface area contributed by atoms with Crippen LogP contribution in [0.15, 0.2) is 61.1 Å². The number of anilines is 1. The monoisotopic (exact) mass is 263 g/mol. The third kappa shape index (κ3) is 2.22. The summed E-state index contributed by atoms with van der Waals surface area (Å²) in [7, 11) is 0. The maximum atomic E-state index is 5.61. The van der Waals surface area contributed by atoms with Crippen LogP contribution in [-0.4, -0.2) is 15.0 Å². The zero-order valence-electron chi connectivity index (χ0n) is 10.7. The van der Waals surface area contributed by atoms with Gasteiger partial charge in [-0.1, -0.05) is 12.1 Å². The van der Waals surface area contributed by atoms with E-state index in [1.54, 1.807) is 18.6 Å². The van der Waals surface area contributed by atoms with Crippen molar-refractivity contribution in [1.82, 2.24) is 15.0 Å². The van der Waals surface area contributed by atoms with E-state index >= 15 is 0 Å². The van der Waals surface area contributed by atoms with Crippen molar-refractivity contribution in [2.45, 2.75) is 0 Å². The van der Waals surface area contributed by atoms with Crippen LogP contribution in [0.4, 0.5) is 5.69 Å². The number of aromatic nitrogens is 3. The van der Waals surface area contributed by atoms with Gasteiger partial charge in [-0.25, -0.2) is 0 Å². The van der Waals surface area contributed by atoms with Crippen molar-refractivity contribution in [3.63, 3.8) is 0 Å². The fourth-order valence-electron chi connectivity index (χ4n) is 2.05. The molecule has 20 heavy (non-hydrogen) atoms. The molecule has 0 aliphatic carbocycles. The molecule has 0 saturated heterocycles. The molecule has 0 saturated carbocycles. The van der Waals surface area contributed by atoms with Crippen molar-refractivity contribution in [1.29, 1.82) is 0 Å². The number of nitrogens with two attached hydrogens (primary N) is 1. The molecule has 5 nitrogen and oxygen atoms in total. The zero-order chi connectivity index (χ0) is 13.8. The number of hydrogen-bond donors (Lipinski definition) is 2. The summed E-state index contributed by atoms with van der Waals surface area (Å²) >= 11 is 0. The van der Waals surface area contributed by atoms with Crippen LogP contribution < -0.4 is 11.3 Å². The molecule has 0 radical (unpaired) electrons. The second-order valence-corrected chi connectivity index (χ2v) is 4.16. The number of nitrogens with one attached hydrogen (secondary N) is 1. The molecule has 0 aromatic carbocycles. The van der Waals surface area contributed by atoms with Gasteiger partial charge in [0.05, 0.1) is 22.6 Å². The van der Waals surface area contributed by atoms with E-state index in [0.717, 1.165) is 28.3 Å². The Labute approximate surface area is 116 Å². The molecule has 0 aliphatic heterocycles. The van der Waals surface area contributed by atoms with E-state index in [0.29, 0.717) is 0 Å². The smallest absolute Gasteiger partial charge is 0.100 e. The highest BCUT2D eigenvalue weighted by Crippen LogP contribution is 2.33. The number of pyridine rings is 3. The number of hydrogen-bond acceptors (Lipinski definition) is 5. The van der Waals surface area contributed by atoms with Crippen molar-refractivity contribution in [3.05, 3.63) is 61.1 Å².